The van der Waals surface area contributed by atoms with Crippen LogP contribution in [0.4, 0.5) is 14.9 Å². The summed E-state index contributed by atoms with van der Waals surface area (Å²) in [6.45, 7) is 5.57. The summed E-state index contributed by atoms with van der Waals surface area (Å²) < 4.78 is 18.9. The van der Waals surface area contributed by atoms with Crippen molar-refractivity contribution in [2.45, 2.75) is 44.8 Å². The van der Waals surface area contributed by atoms with Crippen LogP contribution in [0.25, 0.3) is 5.52 Å². The molecular weight excluding hydrogens is 439 g/mol. The summed E-state index contributed by atoms with van der Waals surface area (Å²) in [6.07, 6.45) is 5.24. The maximum atomic E-state index is 15.2. The minimum absolute atomic E-state index is 0.114. The fraction of sp³-hybridized carbons (Fsp3) is 0.478. The van der Waals surface area contributed by atoms with Gasteiger partial charge in [0.2, 0.25) is 5.91 Å². The van der Waals surface area contributed by atoms with Crippen LogP contribution in [0.2, 0.25) is 0 Å². The second kappa shape index (κ2) is 8.48. The number of anilines is 1. The SMILES string of the molecule is O=C1CCN(c2cnn3cc(C4CCN(Cc5cc6n(n5)CCNC6)CC4)c(F)cc23)C(=O)N1. The third kappa shape index (κ3) is 3.84. The highest BCUT2D eigenvalue weighted by Crippen LogP contribution is 2.33. The van der Waals surface area contributed by atoms with Crippen molar-refractivity contribution < 1.29 is 14.0 Å². The Bertz CT molecular complexity index is 1240. The molecule has 3 aliphatic rings. The van der Waals surface area contributed by atoms with Gasteiger partial charge < -0.3 is 5.32 Å². The summed E-state index contributed by atoms with van der Waals surface area (Å²) in [5, 5.41) is 14.8. The maximum absolute atomic E-state index is 15.2. The van der Waals surface area contributed by atoms with E-state index >= 15 is 4.39 Å². The molecular formula is C23H27FN8O2. The van der Waals surface area contributed by atoms with Gasteiger partial charge in [0, 0.05) is 50.4 Å². The van der Waals surface area contributed by atoms with Gasteiger partial charge in [0.25, 0.3) is 0 Å². The fourth-order valence-corrected chi connectivity index (χ4v) is 5.27. The quantitative estimate of drug-likeness (QED) is 0.606. The predicted molar refractivity (Wildman–Crippen MR) is 122 cm³/mol. The van der Waals surface area contributed by atoms with Crippen molar-refractivity contribution in [3.8, 4) is 0 Å². The Morgan fingerprint density at radius 1 is 1.12 bits per heavy atom. The molecule has 6 rings (SSSR count). The van der Waals surface area contributed by atoms with Crippen LogP contribution in [0.15, 0.2) is 24.5 Å². The Morgan fingerprint density at radius 3 is 2.76 bits per heavy atom. The Balaban J connectivity index is 1.15. The number of likely N-dealkylation sites (tertiary alicyclic amines) is 1. The molecule has 2 fully saturated rings. The average molecular weight is 467 g/mol. The zero-order chi connectivity index (χ0) is 23.2. The van der Waals surface area contributed by atoms with Gasteiger partial charge in [-0.15, -0.1) is 0 Å². The second-order valence-corrected chi connectivity index (χ2v) is 9.27. The van der Waals surface area contributed by atoms with Crippen molar-refractivity contribution in [2.24, 2.45) is 0 Å². The van der Waals surface area contributed by atoms with Gasteiger partial charge in [0.05, 0.1) is 35.3 Å². The molecule has 3 aromatic rings. The number of imide groups is 1. The number of rotatable bonds is 4. The number of halogens is 1. The number of hydrogen-bond donors (Lipinski definition) is 2. The van der Waals surface area contributed by atoms with Crippen LogP contribution >= 0.6 is 0 Å². The lowest BCUT2D eigenvalue weighted by molar-refractivity contribution is -0.120. The molecule has 11 heteroatoms. The molecule has 0 atom stereocenters. The molecule has 2 saturated heterocycles. The summed E-state index contributed by atoms with van der Waals surface area (Å²) in [5.41, 5.74) is 4.00. The van der Waals surface area contributed by atoms with Crippen LogP contribution in [-0.4, -0.2) is 62.4 Å². The number of carbonyl (C=O) groups is 2. The standard InChI is InChI=1S/C23H27FN8O2/c24-19-10-20-21(30-7-3-22(33)27-23(30)34)12-26-32(20)14-18(19)15-1-5-29(6-2-15)13-16-9-17-11-25-4-8-31(17)28-16/h9-10,12,14-15,25H,1-8,11,13H2,(H,27,33,34). The molecule has 0 aliphatic carbocycles. The monoisotopic (exact) mass is 466 g/mol. The van der Waals surface area contributed by atoms with E-state index in [1.54, 1.807) is 16.9 Å². The van der Waals surface area contributed by atoms with Crippen LogP contribution < -0.4 is 15.5 Å². The summed E-state index contributed by atoms with van der Waals surface area (Å²) >= 11 is 0. The summed E-state index contributed by atoms with van der Waals surface area (Å²) in [4.78, 5) is 27.5. The smallest absolute Gasteiger partial charge is 0.309 e. The van der Waals surface area contributed by atoms with Gasteiger partial charge >= 0.3 is 6.03 Å². The molecule has 178 valence electrons. The van der Waals surface area contributed by atoms with E-state index in [0.717, 1.165) is 57.8 Å². The zero-order valence-electron chi connectivity index (χ0n) is 18.8. The molecule has 0 spiro atoms. The molecule has 3 aromatic heterocycles. The lowest BCUT2D eigenvalue weighted by atomic mass is 9.90. The fourth-order valence-electron chi connectivity index (χ4n) is 5.27. The highest BCUT2D eigenvalue weighted by Gasteiger charge is 2.29. The van der Waals surface area contributed by atoms with Crippen molar-refractivity contribution in [1.29, 1.82) is 0 Å². The van der Waals surface area contributed by atoms with Gasteiger partial charge in [0.15, 0.2) is 0 Å². The van der Waals surface area contributed by atoms with E-state index in [4.69, 9.17) is 5.10 Å². The summed E-state index contributed by atoms with van der Waals surface area (Å²) in [7, 11) is 0. The molecule has 34 heavy (non-hydrogen) atoms. The van der Waals surface area contributed by atoms with Crippen LogP contribution in [0, 0.1) is 5.82 Å². The van der Waals surface area contributed by atoms with Crippen molar-refractivity contribution in [2.75, 3.05) is 31.1 Å². The van der Waals surface area contributed by atoms with E-state index in [-0.39, 0.29) is 30.6 Å². The third-order valence-electron chi connectivity index (χ3n) is 7.09. The van der Waals surface area contributed by atoms with E-state index in [2.05, 4.69) is 31.4 Å². The van der Waals surface area contributed by atoms with Crippen molar-refractivity contribution in [3.05, 3.63) is 47.3 Å². The zero-order valence-corrected chi connectivity index (χ0v) is 18.8. The molecule has 0 aromatic carbocycles. The molecule has 3 amide bonds. The lowest BCUT2D eigenvalue weighted by Crippen LogP contribution is -2.49. The van der Waals surface area contributed by atoms with E-state index in [0.29, 0.717) is 16.8 Å². The van der Waals surface area contributed by atoms with Gasteiger partial charge in [-0.05, 0) is 37.9 Å². The Kier molecular flexibility index (Phi) is 5.30. The van der Waals surface area contributed by atoms with Crippen molar-refractivity contribution in [1.82, 2.24) is 34.9 Å². The van der Waals surface area contributed by atoms with E-state index in [1.807, 2.05) is 0 Å². The van der Waals surface area contributed by atoms with E-state index < -0.39 is 6.03 Å². The number of aromatic nitrogens is 4. The minimum atomic E-state index is -0.502. The van der Waals surface area contributed by atoms with Gasteiger partial charge in [-0.2, -0.15) is 10.2 Å². The molecule has 6 heterocycles. The Morgan fingerprint density at radius 2 is 1.97 bits per heavy atom. The second-order valence-electron chi connectivity index (χ2n) is 9.27. The van der Waals surface area contributed by atoms with Gasteiger partial charge in [-0.1, -0.05) is 0 Å². The Hall–Kier alpha value is -3.31. The number of amides is 3. The van der Waals surface area contributed by atoms with Gasteiger partial charge in [0.1, 0.15) is 5.82 Å². The van der Waals surface area contributed by atoms with Crippen LogP contribution in [-0.2, 0) is 24.4 Å². The molecule has 0 saturated carbocycles. The number of urea groups is 1. The number of fused-ring (bicyclic) bond motifs is 2. The number of carbonyl (C=O) groups excluding carboxylic acids is 2. The normalized spacial score (nSPS) is 20.1. The minimum Gasteiger partial charge on any atom is -0.309 e. The number of nitrogens with one attached hydrogen (secondary N) is 2. The van der Waals surface area contributed by atoms with Crippen molar-refractivity contribution >= 4 is 23.1 Å². The molecule has 0 bridgehead atoms. The molecule has 0 radical (unpaired) electrons. The van der Waals surface area contributed by atoms with E-state index in [1.165, 1.54) is 16.7 Å². The first-order valence-corrected chi connectivity index (χ1v) is 11.8. The first-order chi connectivity index (χ1) is 16.5. The highest BCUT2D eigenvalue weighted by molar-refractivity contribution is 6.07. The average Bonchev–Trinajstić information content (AvgIpc) is 3.42. The van der Waals surface area contributed by atoms with Gasteiger partial charge in [-0.3, -0.25) is 24.6 Å². The van der Waals surface area contributed by atoms with Crippen LogP contribution in [0.3, 0.4) is 0 Å². The van der Waals surface area contributed by atoms with Crippen molar-refractivity contribution in [3.63, 3.8) is 0 Å². The number of pyridine rings is 1. The molecule has 3 aliphatic heterocycles. The topological polar surface area (TPSA) is 99.8 Å². The molecule has 2 N–H and O–H groups in total. The maximum Gasteiger partial charge on any atom is 0.328 e. The van der Waals surface area contributed by atoms with E-state index in [9.17, 15) is 9.59 Å². The first kappa shape index (κ1) is 21.2. The number of nitrogens with zero attached hydrogens (tertiary/aromatic N) is 6. The highest BCUT2D eigenvalue weighted by atomic mass is 19.1. The summed E-state index contributed by atoms with van der Waals surface area (Å²) in [5.74, 6) is -0.471. The van der Waals surface area contributed by atoms with Crippen LogP contribution in [0.1, 0.15) is 42.1 Å². The Labute approximate surface area is 195 Å². The van der Waals surface area contributed by atoms with Crippen LogP contribution in [0.5, 0.6) is 0 Å². The lowest BCUT2D eigenvalue weighted by Gasteiger charge is -2.31. The largest absolute Gasteiger partial charge is 0.328 e. The number of hydrogen-bond acceptors (Lipinski definition) is 6. The molecule has 10 nitrogen and oxygen atoms in total. The number of piperidine rings is 1. The van der Waals surface area contributed by atoms with Gasteiger partial charge in [-0.25, -0.2) is 13.7 Å². The third-order valence-corrected chi connectivity index (χ3v) is 7.09. The predicted octanol–water partition coefficient (Wildman–Crippen LogP) is 1.60. The first-order valence-electron chi connectivity index (χ1n) is 11.8. The summed E-state index contributed by atoms with van der Waals surface area (Å²) in [6, 6.07) is 3.13. The molecule has 0 unspecified atom stereocenters.